The second-order valence-electron chi connectivity index (χ2n) is 5.39. The fourth-order valence-electron chi connectivity index (χ4n) is 2.58. The van der Waals surface area contributed by atoms with E-state index in [2.05, 4.69) is 23.8 Å². The predicted octanol–water partition coefficient (Wildman–Crippen LogP) is 2.25. The van der Waals surface area contributed by atoms with Gasteiger partial charge in [-0.3, -0.25) is 0 Å². The van der Waals surface area contributed by atoms with E-state index in [1.54, 1.807) is 4.31 Å². The third-order valence-corrected chi connectivity index (χ3v) is 5.46. The number of benzene rings is 1. The highest BCUT2D eigenvalue weighted by Crippen LogP contribution is 2.12. The van der Waals surface area contributed by atoms with E-state index in [1.807, 2.05) is 12.1 Å². The molecule has 1 aromatic carbocycles. The molecule has 1 aromatic rings. The van der Waals surface area contributed by atoms with Gasteiger partial charge >= 0.3 is 0 Å². The Morgan fingerprint density at radius 2 is 1.75 bits per heavy atom. The van der Waals surface area contributed by atoms with Gasteiger partial charge < -0.3 is 0 Å². The van der Waals surface area contributed by atoms with Crippen LogP contribution in [-0.4, -0.2) is 32.4 Å². The first-order valence-corrected chi connectivity index (χ1v) is 8.83. The monoisotopic (exact) mass is 296 g/mol. The van der Waals surface area contributed by atoms with Crippen molar-refractivity contribution < 1.29 is 8.42 Å². The molecule has 1 aliphatic rings. The Morgan fingerprint density at radius 1 is 1.10 bits per heavy atom. The maximum Gasteiger partial charge on any atom is 0.279 e. The van der Waals surface area contributed by atoms with Crippen LogP contribution in [0, 0.1) is 6.92 Å². The van der Waals surface area contributed by atoms with Crippen molar-refractivity contribution in [3.05, 3.63) is 35.4 Å². The van der Waals surface area contributed by atoms with Crippen LogP contribution in [0.1, 0.15) is 36.8 Å². The molecule has 5 heteroatoms. The average molecular weight is 296 g/mol. The molecule has 4 nitrogen and oxygen atoms in total. The van der Waals surface area contributed by atoms with Crippen molar-refractivity contribution in [3.63, 3.8) is 0 Å². The van der Waals surface area contributed by atoms with Crippen LogP contribution in [0.5, 0.6) is 0 Å². The quantitative estimate of drug-likeness (QED) is 0.906. The summed E-state index contributed by atoms with van der Waals surface area (Å²) in [6, 6.07) is 8.10. The molecule has 2 rings (SSSR count). The van der Waals surface area contributed by atoms with Crippen molar-refractivity contribution in [3.8, 4) is 0 Å². The first-order valence-electron chi connectivity index (χ1n) is 7.39. The zero-order valence-corrected chi connectivity index (χ0v) is 13.0. The Morgan fingerprint density at radius 3 is 2.40 bits per heavy atom. The van der Waals surface area contributed by atoms with Gasteiger partial charge in [-0.15, -0.1) is 0 Å². The van der Waals surface area contributed by atoms with Gasteiger partial charge in [0.05, 0.1) is 0 Å². The van der Waals surface area contributed by atoms with E-state index < -0.39 is 10.2 Å². The van der Waals surface area contributed by atoms with Crippen molar-refractivity contribution >= 4 is 10.2 Å². The molecule has 1 N–H and O–H groups in total. The number of hydrogen-bond donors (Lipinski definition) is 1. The largest absolute Gasteiger partial charge is 0.279 e. The summed E-state index contributed by atoms with van der Waals surface area (Å²) in [4.78, 5) is 0. The SMILES string of the molecule is Cc1ccccc1CCNS(=O)(=O)N1CCCCCC1. The van der Waals surface area contributed by atoms with E-state index in [0.29, 0.717) is 19.6 Å². The molecule has 0 spiro atoms. The highest BCUT2D eigenvalue weighted by atomic mass is 32.2. The molecule has 0 unspecified atom stereocenters. The van der Waals surface area contributed by atoms with Gasteiger partial charge in [0.2, 0.25) is 0 Å². The van der Waals surface area contributed by atoms with Crippen molar-refractivity contribution in [2.24, 2.45) is 0 Å². The van der Waals surface area contributed by atoms with E-state index in [1.165, 1.54) is 11.1 Å². The van der Waals surface area contributed by atoms with Crippen LogP contribution in [-0.2, 0) is 16.6 Å². The minimum absolute atomic E-state index is 0.462. The molecule has 1 saturated heterocycles. The zero-order valence-electron chi connectivity index (χ0n) is 12.1. The van der Waals surface area contributed by atoms with Crippen molar-refractivity contribution in [1.82, 2.24) is 9.03 Å². The molecule has 0 atom stereocenters. The topological polar surface area (TPSA) is 49.4 Å². The fraction of sp³-hybridized carbons (Fsp3) is 0.600. The summed E-state index contributed by atoms with van der Waals surface area (Å²) in [5.41, 5.74) is 2.41. The third-order valence-electron chi connectivity index (χ3n) is 3.85. The first kappa shape index (κ1) is 15.5. The highest BCUT2D eigenvalue weighted by Gasteiger charge is 2.22. The zero-order chi connectivity index (χ0) is 14.4. The van der Waals surface area contributed by atoms with Crippen LogP contribution in [0.2, 0.25) is 0 Å². The number of aryl methyl sites for hydroxylation is 1. The number of hydrogen-bond acceptors (Lipinski definition) is 2. The van der Waals surface area contributed by atoms with Crippen molar-refractivity contribution in [2.75, 3.05) is 19.6 Å². The molecule has 1 fully saturated rings. The molecular weight excluding hydrogens is 272 g/mol. The van der Waals surface area contributed by atoms with E-state index in [0.717, 1.165) is 32.1 Å². The Bertz CT molecular complexity index is 520. The standard InChI is InChI=1S/C15H24N2O2S/c1-14-8-4-5-9-15(14)10-11-16-20(18,19)17-12-6-2-3-7-13-17/h4-5,8-9,16H,2-3,6-7,10-13H2,1H3. The van der Waals surface area contributed by atoms with Crippen LogP contribution < -0.4 is 4.72 Å². The number of rotatable bonds is 5. The maximum atomic E-state index is 12.2. The minimum Gasteiger partial charge on any atom is -0.202 e. The van der Waals surface area contributed by atoms with Gasteiger partial charge in [0, 0.05) is 19.6 Å². The summed E-state index contributed by atoms with van der Waals surface area (Å²) in [6.07, 6.45) is 4.95. The summed E-state index contributed by atoms with van der Waals surface area (Å²) < 4.78 is 28.8. The van der Waals surface area contributed by atoms with Crippen LogP contribution in [0.15, 0.2) is 24.3 Å². The van der Waals surface area contributed by atoms with E-state index in [4.69, 9.17) is 0 Å². The fourth-order valence-corrected chi connectivity index (χ4v) is 3.86. The predicted molar refractivity (Wildman–Crippen MR) is 81.8 cm³/mol. The molecule has 0 amide bonds. The van der Waals surface area contributed by atoms with Crippen LogP contribution >= 0.6 is 0 Å². The molecule has 0 aromatic heterocycles. The number of nitrogens with one attached hydrogen (secondary N) is 1. The molecule has 20 heavy (non-hydrogen) atoms. The number of nitrogens with zero attached hydrogens (tertiary/aromatic N) is 1. The Hall–Kier alpha value is -0.910. The lowest BCUT2D eigenvalue weighted by molar-refractivity contribution is 0.415. The van der Waals surface area contributed by atoms with Gasteiger partial charge in [-0.05, 0) is 37.3 Å². The molecule has 0 saturated carbocycles. The normalized spacial score (nSPS) is 17.9. The van der Waals surface area contributed by atoms with Crippen LogP contribution in [0.3, 0.4) is 0 Å². The third kappa shape index (κ3) is 4.30. The van der Waals surface area contributed by atoms with Gasteiger partial charge in [0.25, 0.3) is 10.2 Å². The summed E-state index contributed by atoms with van der Waals surface area (Å²) in [7, 11) is -3.31. The summed E-state index contributed by atoms with van der Waals surface area (Å²) in [6.45, 7) is 3.82. The summed E-state index contributed by atoms with van der Waals surface area (Å²) >= 11 is 0. The van der Waals surface area contributed by atoms with Gasteiger partial charge in [-0.1, -0.05) is 37.1 Å². The second-order valence-corrected chi connectivity index (χ2v) is 7.14. The highest BCUT2D eigenvalue weighted by molar-refractivity contribution is 7.87. The van der Waals surface area contributed by atoms with Crippen LogP contribution in [0.25, 0.3) is 0 Å². The minimum atomic E-state index is -3.31. The van der Waals surface area contributed by atoms with Crippen LogP contribution in [0.4, 0.5) is 0 Å². The van der Waals surface area contributed by atoms with E-state index >= 15 is 0 Å². The molecule has 1 heterocycles. The van der Waals surface area contributed by atoms with Gasteiger partial charge in [-0.2, -0.15) is 12.7 Å². The lowest BCUT2D eigenvalue weighted by atomic mass is 10.1. The molecule has 1 aliphatic heterocycles. The molecule has 0 radical (unpaired) electrons. The summed E-state index contributed by atoms with van der Waals surface area (Å²) in [5, 5.41) is 0. The lowest BCUT2D eigenvalue weighted by Crippen LogP contribution is -2.42. The molecule has 0 bridgehead atoms. The van der Waals surface area contributed by atoms with Gasteiger partial charge in [0.1, 0.15) is 0 Å². The average Bonchev–Trinajstić information content (AvgIpc) is 2.70. The summed E-state index contributed by atoms with van der Waals surface area (Å²) in [5.74, 6) is 0. The Labute approximate surface area is 122 Å². The van der Waals surface area contributed by atoms with Crippen molar-refractivity contribution in [2.45, 2.75) is 39.0 Å². The van der Waals surface area contributed by atoms with Crippen molar-refractivity contribution in [1.29, 1.82) is 0 Å². The Balaban J connectivity index is 1.87. The lowest BCUT2D eigenvalue weighted by Gasteiger charge is -2.20. The Kier molecular flexibility index (Phi) is 5.57. The van der Waals surface area contributed by atoms with E-state index in [-0.39, 0.29) is 0 Å². The molecular formula is C15H24N2O2S. The molecule has 0 aliphatic carbocycles. The maximum absolute atomic E-state index is 12.2. The van der Waals surface area contributed by atoms with E-state index in [9.17, 15) is 8.42 Å². The second kappa shape index (κ2) is 7.20. The smallest absolute Gasteiger partial charge is 0.202 e. The van der Waals surface area contributed by atoms with Gasteiger partial charge in [-0.25, -0.2) is 4.72 Å². The molecule has 112 valence electrons. The van der Waals surface area contributed by atoms with Gasteiger partial charge in [0.15, 0.2) is 0 Å². The first-order chi connectivity index (χ1) is 9.59.